The van der Waals surface area contributed by atoms with Crippen LogP contribution in [0.2, 0.25) is 0 Å². The Kier molecular flexibility index (Phi) is 10.7. The second kappa shape index (κ2) is 10.4. The molecule has 0 N–H and O–H groups in total. The fraction of sp³-hybridized carbons (Fsp3) is 1.00. The van der Waals surface area contributed by atoms with E-state index in [0.29, 0.717) is 0 Å². The third kappa shape index (κ3) is 8.67. The molecule has 1 heteroatoms. The Morgan fingerprint density at radius 1 is 0.846 bits per heavy atom. The summed E-state index contributed by atoms with van der Waals surface area (Å²) >= 11 is 4.93. The molecule has 0 amide bonds. The first-order valence-electron chi connectivity index (χ1n) is 5.93. The molecule has 0 atom stereocenters. The van der Waals surface area contributed by atoms with Gasteiger partial charge < -0.3 is 0 Å². The molecule has 0 nitrogen and oxygen atoms in total. The standard InChI is InChI=1S/C12H25S/c1-3-8-12(9-4-2)10-6-5-7-11-13/h12H,3-11H2,1-2H3. The topological polar surface area (TPSA) is 0 Å². The van der Waals surface area contributed by atoms with Crippen LogP contribution in [0.15, 0.2) is 0 Å². The molecule has 0 aliphatic rings. The first kappa shape index (κ1) is 13.4. The minimum absolute atomic E-state index is 0.951. The van der Waals surface area contributed by atoms with Crippen LogP contribution >= 0.6 is 12.6 Å². The van der Waals surface area contributed by atoms with E-state index in [9.17, 15) is 0 Å². The summed E-state index contributed by atoms with van der Waals surface area (Å²) in [5.74, 6) is 1.95. The molecule has 1 radical (unpaired) electrons. The van der Waals surface area contributed by atoms with E-state index < -0.39 is 0 Å². The van der Waals surface area contributed by atoms with Gasteiger partial charge in [-0.15, -0.1) is 0 Å². The second-order valence-electron chi connectivity index (χ2n) is 4.00. The maximum atomic E-state index is 4.93. The molecular formula is C12H25S. The van der Waals surface area contributed by atoms with Crippen molar-refractivity contribution in [3.05, 3.63) is 0 Å². The first-order chi connectivity index (χ1) is 6.35. The van der Waals surface area contributed by atoms with Gasteiger partial charge in [0.2, 0.25) is 0 Å². The molecule has 0 heterocycles. The molecule has 79 valence electrons. The van der Waals surface area contributed by atoms with Crippen molar-refractivity contribution >= 4 is 12.6 Å². The lowest BCUT2D eigenvalue weighted by atomic mass is 9.92. The number of rotatable bonds is 9. The molecule has 0 spiro atoms. The Labute approximate surface area is 89.9 Å². The van der Waals surface area contributed by atoms with Crippen molar-refractivity contribution in [2.45, 2.75) is 65.2 Å². The van der Waals surface area contributed by atoms with E-state index in [1.54, 1.807) is 0 Å². The average molecular weight is 201 g/mol. The van der Waals surface area contributed by atoms with Gasteiger partial charge in [0.25, 0.3) is 0 Å². The average Bonchev–Trinajstić information content (AvgIpc) is 2.13. The van der Waals surface area contributed by atoms with Crippen LogP contribution in [0.1, 0.15) is 65.2 Å². The summed E-state index contributed by atoms with van der Waals surface area (Å²) < 4.78 is 0. The van der Waals surface area contributed by atoms with E-state index in [2.05, 4.69) is 13.8 Å². The van der Waals surface area contributed by atoms with Crippen molar-refractivity contribution in [1.82, 2.24) is 0 Å². The summed E-state index contributed by atoms with van der Waals surface area (Å²) in [6.07, 6.45) is 11.0. The van der Waals surface area contributed by atoms with E-state index in [0.717, 1.165) is 11.7 Å². The zero-order valence-electron chi connectivity index (χ0n) is 9.35. The first-order valence-corrected chi connectivity index (χ1v) is 6.50. The van der Waals surface area contributed by atoms with Crippen LogP contribution in [0.4, 0.5) is 0 Å². The molecule has 0 aliphatic carbocycles. The van der Waals surface area contributed by atoms with Gasteiger partial charge >= 0.3 is 0 Å². The van der Waals surface area contributed by atoms with Gasteiger partial charge in [-0.3, -0.25) is 0 Å². The highest BCUT2D eigenvalue weighted by atomic mass is 32.1. The number of hydrogen-bond acceptors (Lipinski definition) is 0. The van der Waals surface area contributed by atoms with Crippen LogP contribution in [0, 0.1) is 5.92 Å². The Bertz CT molecular complexity index is 85.1. The van der Waals surface area contributed by atoms with Crippen molar-refractivity contribution in [3.8, 4) is 0 Å². The van der Waals surface area contributed by atoms with Gasteiger partial charge in [-0.2, -0.15) is 0 Å². The highest BCUT2D eigenvalue weighted by Crippen LogP contribution is 2.20. The summed E-state index contributed by atoms with van der Waals surface area (Å²) in [5.41, 5.74) is 0. The highest BCUT2D eigenvalue weighted by Gasteiger charge is 2.05. The maximum absolute atomic E-state index is 4.93. The summed E-state index contributed by atoms with van der Waals surface area (Å²) in [6.45, 7) is 4.60. The summed E-state index contributed by atoms with van der Waals surface area (Å²) in [6, 6.07) is 0. The van der Waals surface area contributed by atoms with E-state index in [1.165, 1.54) is 51.4 Å². The number of unbranched alkanes of at least 4 members (excludes halogenated alkanes) is 2. The van der Waals surface area contributed by atoms with Crippen LogP contribution in [-0.2, 0) is 0 Å². The largest absolute Gasteiger partial charge is 0.0942 e. The molecule has 0 aromatic rings. The molecule has 13 heavy (non-hydrogen) atoms. The summed E-state index contributed by atoms with van der Waals surface area (Å²) in [7, 11) is 0. The molecule has 0 aromatic heterocycles. The van der Waals surface area contributed by atoms with Crippen LogP contribution in [0.3, 0.4) is 0 Å². The van der Waals surface area contributed by atoms with Crippen molar-refractivity contribution in [3.63, 3.8) is 0 Å². The van der Waals surface area contributed by atoms with Crippen LogP contribution in [0.5, 0.6) is 0 Å². The van der Waals surface area contributed by atoms with Crippen LogP contribution in [0.25, 0.3) is 0 Å². The Hall–Kier alpha value is 0.350. The SMILES string of the molecule is CCCC(CCC)CCCCC[S]. The van der Waals surface area contributed by atoms with E-state index in [1.807, 2.05) is 0 Å². The quantitative estimate of drug-likeness (QED) is 0.462. The second-order valence-corrected chi connectivity index (χ2v) is 4.41. The fourth-order valence-electron chi connectivity index (χ4n) is 1.96. The third-order valence-electron chi connectivity index (χ3n) is 2.65. The number of hydrogen-bond donors (Lipinski definition) is 0. The van der Waals surface area contributed by atoms with Gasteiger partial charge in [0.05, 0.1) is 0 Å². The molecule has 0 unspecified atom stereocenters. The monoisotopic (exact) mass is 201 g/mol. The molecule has 0 aliphatic heterocycles. The molecule has 0 fully saturated rings. The van der Waals surface area contributed by atoms with Gasteiger partial charge in [-0.1, -0.05) is 71.4 Å². The Morgan fingerprint density at radius 2 is 1.46 bits per heavy atom. The zero-order chi connectivity index (χ0) is 9.94. The van der Waals surface area contributed by atoms with Crippen molar-refractivity contribution in [2.75, 3.05) is 5.75 Å². The normalized spacial score (nSPS) is 11.1. The lowest BCUT2D eigenvalue weighted by molar-refractivity contribution is 0.394. The lowest BCUT2D eigenvalue weighted by Crippen LogP contribution is -1.99. The van der Waals surface area contributed by atoms with E-state index in [4.69, 9.17) is 12.6 Å². The molecule has 0 bridgehead atoms. The van der Waals surface area contributed by atoms with Gasteiger partial charge in [-0.25, -0.2) is 0 Å². The van der Waals surface area contributed by atoms with Gasteiger partial charge in [-0.05, 0) is 12.3 Å². The molecule has 0 saturated carbocycles. The smallest absolute Gasteiger partial charge is 0.00369 e. The summed E-state index contributed by atoms with van der Waals surface area (Å²) in [5, 5.41) is 0. The fourth-order valence-corrected chi connectivity index (χ4v) is 2.17. The maximum Gasteiger partial charge on any atom is 0.00369 e. The van der Waals surface area contributed by atoms with E-state index in [-0.39, 0.29) is 0 Å². The molecule has 0 aromatic carbocycles. The van der Waals surface area contributed by atoms with Crippen LogP contribution in [-0.4, -0.2) is 5.75 Å². The summed E-state index contributed by atoms with van der Waals surface area (Å²) in [4.78, 5) is 0. The van der Waals surface area contributed by atoms with Crippen molar-refractivity contribution in [1.29, 1.82) is 0 Å². The molecule has 0 rings (SSSR count). The Morgan fingerprint density at radius 3 is 1.92 bits per heavy atom. The predicted molar refractivity (Wildman–Crippen MR) is 64.2 cm³/mol. The predicted octanol–water partition coefficient (Wildman–Crippen LogP) is 4.96. The van der Waals surface area contributed by atoms with Gasteiger partial charge in [0.1, 0.15) is 0 Å². The van der Waals surface area contributed by atoms with Crippen molar-refractivity contribution in [2.24, 2.45) is 5.92 Å². The van der Waals surface area contributed by atoms with Gasteiger partial charge in [0.15, 0.2) is 0 Å². The minimum atomic E-state index is 0.951. The van der Waals surface area contributed by atoms with Gasteiger partial charge in [0, 0.05) is 5.75 Å². The minimum Gasteiger partial charge on any atom is -0.0942 e. The highest BCUT2D eigenvalue weighted by molar-refractivity contribution is 7.80. The third-order valence-corrected chi connectivity index (χ3v) is 2.94. The lowest BCUT2D eigenvalue weighted by Gasteiger charge is -2.14. The van der Waals surface area contributed by atoms with Crippen molar-refractivity contribution < 1.29 is 0 Å². The molecule has 0 saturated heterocycles. The zero-order valence-corrected chi connectivity index (χ0v) is 10.2. The van der Waals surface area contributed by atoms with E-state index >= 15 is 0 Å². The Balaban J connectivity index is 3.33. The van der Waals surface area contributed by atoms with Crippen LogP contribution < -0.4 is 0 Å². The molecular weight excluding hydrogens is 176 g/mol.